The highest BCUT2D eigenvalue weighted by atomic mass is 32.1. The van der Waals surface area contributed by atoms with E-state index in [4.69, 9.17) is 9.72 Å². The van der Waals surface area contributed by atoms with Gasteiger partial charge in [0.05, 0.1) is 17.3 Å². The van der Waals surface area contributed by atoms with Gasteiger partial charge in [0.2, 0.25) is 0 Å². The summed E-state index contributed by atoms with van der Waals surface area (Å²) in [6, 6.07) is 0. The maximum absolute atomic E-state index is 5.11. The van der Waals surface area contributed by atoms with E-state index in [1.165, 1.54) is 15.6 Å². The van der Waals surface area contributed by atoms with Crippen LogP contribution < -0.4 is 5.32 Å². The minimum Gasteiger partial charge on any atom is -0.384 e. The molecule has 0 saturated heterocycles. The number of nitrogens with one attached hydrogen (secondary N) is 1. The fourth-order valence-electron chi connectivity index (χ4n) is 1.66. The second-order valence-corrected chi connectivity index (χ2v) is 5.77. The Hall–Kier alpha value is -0.450. The largest absolute Gasteiger partial charge is 0.384 e. The molecule has 1 rings (SSSR count). The number of nitrogens with zero attached hydrogens (tertiary/aromatic N) is 1. The zero-order valence-corrected chi connectivity index (χ0v) is 12.2. The summed E-state index contributed by atoms with van der Waals surface area (Å²) in [5, 5.41) is 4.59. The molecule has 0 amide bonds. The molecule has 0 spiro atoms. The van der Waals surface area contributed by atoms with Crippen molar-refractivity contribution in [2.45, 2.75) is 40.2 Å². The summed E-state index contributed by atoms with van der Waals surface area (Å²) in [5.41, 5.74) is 1.28. The van der Waals surface area contributed by atoms with Crippen LogP contribution in [0.25, 0.3) is 0 Å². The van der Waals surface area contributed by atoms with E-state index < -0.39 is 0 Å². The normalized spacial score (nSPS) is 11.4. The number of rotatable bonds is 8. The summed E-state index contributed by atoms with van der Waals surface area (Å²) >= 11 is 1.83. The second-order valence-electron chi connectivity index (χ2n) is 4.60. The number of ether oxygens (including phenoxy) is 1. The lowest BCUT2D eigenvalue weighted by molar-refractivity contribution is 0.202. The van der Waals surface area contributed by atoms with E-state index in [9.17, 15) is 0 Å². The highest BCUT2D eigenvalue weighted by molar-refractivity contribution is 7.11. The number of hydrogen-bond acceptors (Lipinski definition) is 4. The van der Waals surface area contributed by atoms with Gasteiger partial charge in [-0.15, -0.1) is 11.3 Å². The van der Waals surface area contributed by atoms with Gasteiger partial charge in [0, 0.05) is 25.0 Å². The quantitative estimate of drug-likeness (QED) is 0.776. The fraction of sp³-hybridized carbons (Fsp3) is 0.769. The Morgan fingerprint density at radius 1 is 1.41 bits per heavy atom. The first-order valence-corrected chi connectivity index (χ1v) is 7.16. The van der Waals surface area contributed by atoms with Crippen LogP contribution in [0, 0.1) is 5.92 Å². The average Bonchev–Trinajstić information content (AvgIpc) is 2.65. The zero-order valence-electron chi connectivity index (χ0n) is 11.4. The third kappa shape index (κ3) is 5.15. The van der Waals surface area contributed by atoms with Crippen molar-refractivity contribution in [2.24, 2.45) is 5.92 Å². The van der Waals surface area contributed by atoms with Crippen LogP contribution in [0.5, 0.6) is 0 Å². The molecule has 98 valence electrons. The van der Waals surface area contributed by atoms with Crippen molar-refractivity contribution in [3.63, 3.8) is 0 Å². The lowest BCUT2D eigenvalue weighted by Crippen LogP contribution is -2.12. The van der Waals surface area contributed by atoms with Crippen LogP contribution in [0.1, 0.15) is 36.3 Å². The van der Waals surface area contributed by atoms with Crippen LogP contribution in [-0.4, -0.2) is 25.2 Å². The standard InChI is InChI=1S/C13H24N2OS/c1-5-14-9-12-11(8-10(2)3)15-13(17-12)6-7-16-4/h10,14H,5-9H2,1-4H3. The number of hydrogen-bond donors (Lipinski definition) is 1. The molecule has 1 heterocycles. The number of aromatic nitrogens is 1. The van der Waals surface area contributed by atoms with Gasteiger partial charge in [-0.3, -0.25) is 0 Å². The highest BCUT2D eigenvalue weighted by Gasteiger charge is 2.11. The van der Waals surface area contributed by atoms with Gasteiger partial charge in [0.25, 0.3) is 0 Å². The topological polar surface area (TPSA) is 34.1 Å². The molecule has 0 aliphatic rings. The van der Waals surface area contributed by atoms with E-state index >= 15 is 0 Å². The van der Waals surface area contributed by atoms with Crippen molar-refractivity contribution in [1.82, 2.24) is 10.3 Å². The molecule has 0 bridgehead atoms. The van der Waals surface area contributed by atoms with Gasteiger partial charge in [-0.25, -0.2) is 4.98 Å². The molecule has 0 unspecified atom stereocenters. The molecule has 0 radical (unpaired) electrons. The first-order chi connectivity index (χ1) is 8.17. The highest BCUT2D eigenvalue weighted by Crippen LogP contribution is 2.21. The average molecular weight is 256 g/mol. The summed E-state index contributed by atoms with van der Waals surface area (Å²) < 4.78 is 5.11. The van der Waals surface area contributed by atoms with E-state index in [-0.39, 0.29) is 0 Å². The van der Waals surface area contributed by atoms with E-state index in [0.29, 0.717) is 5.92 Å². The minimum atomic E-state index is 0.660. The lowest BCUT2D eigenvalue weighted by Gasteiger charge is -2.04. The first kappa shape index (κ1) is 14.6. The molecule has 4 heteroatoms. The van der Waals surface area contributed by atoms with Gasteiger partial charge in [0.1, 0.15) is 0 Å². The van der Waals surface area contributed by atoms with Gasteiger partial charge in [-0.05, 0) is 18.9 Å². The van der Waals surface area contributed by atoms with Crippen molar-refractivity contribution in [2.75, 3.05) is 20.3 Å². The minimum absolute atomic E-state index is 0.660. The van der Waals surface area contributed by atoms with Crippen molar-refractivity contribution in [3.05, 3.63) is 15.6 Å². The predicted molar refractivity (Wildman–Crippen MR) is 73.6 cm³/mol. The maximum atomic E-state index is 5.11. The maximum Gasteiger partial charge on any atom is 0.0954 e. The van der Waals surface area contributed by atoms with Crippen molar-refractivity contribution >= 4 is 11.3 Å². The Morgan fingerprint density at radius 3 is 2.76 bits per heavy atom. The molecule has 17 heavy (non-hydrogen) atoms. The van der Waals surface area contributed by atoms with E-state index in [2.05, 4.69) is 26.1 Å². The molecule has 1 N–H and O–H groups in total. The molecular formula is C13H24N2OS. The molecule has 0 atom stereocenters. The first-order valence-electron chi connectivity index (χ1n) is 6.34. The number of methoxy groups -OCH3 is 1. The van der Waals surface area contributed by atoms with Crippen LogP contribution in [-0.2, 0) is 24.1 Å². The molecule has 0 aromatic carbocycles. The third-order valence-corrected chi connectivity index (χ3v) is 3.64. The molecule has 0 saturated carbocycles. The smallest absolute Gasteiger partial charge is 0.0954 e. The van der Waals surface area contributed by atoms with Gasteiger partial charge >= 0.3 is 0 Å². The Bertz CT molecular complexity index is 323. The van der Waals surface area contributed by atoms with Crippen LogP contribution in [0.3, 0.4) is 0 Å². The monoisotopic (exact) mass is 256 g/mol. The van der Waals surface area contributed by atoms with Crippen molar-refractivity contribution in [1.29, 1.82) is 0 Å². The summed E-state index contributed by atoms with van der Waals surface area (Å²) in [7, 11) is 1.74. The Morgan fingerprint density at radius 2 is 2.18 bits per heavy atom. The summed E-state index contributed by atoms with van der Waals surface area (Å²) in [6.07, 6.45) is 2.00. The van der Waals surface area contributed by atoms with Crippen molar-refractivity contribution < 1.29 is 4.74 Å². The van der Waals surface area contributed by atoms with Crippen molar-refractivity contribution in [3.8, 4) is 0 Å². The van der Waals surface area contributed by atoms with Gasteiger partial charge in [-0.1, -0.05) is 20.8 Å². The zero-order chi connectivity index (χ0) is 12.7. The summed E-state index contributed by atoms with van der Waals surface area (Å²) in [5.74, 6) is 0.660. The SMILES string of the molecule is CCNCc1sc(CCOC)nc1CC(C)C. The van der Waals surface area contributed by atoms with E-state index in [1.807, 2.05) is 11.3 Å². The van der Waals surface area contributed by atoms with E-state index in [0.717, 1.165) is 32.5 Å². The molecule has 3 nitrogen and oxygen atoms in total. The Balaban J connectivity index is 2.71. The predicted octanol–water partition coefficient (Wildman–Crippen LogP) is 2.64. The fourth-order valence-corrected chi connectivity index (χ4v) is 2.70. The van der Waals surface area contributed by atoms with Gasteiger partial charge < -0.3 is 10.1 Å². The molecule has 1 aromatic heterocycles. The third-order valence-electron chi connectivity index (χ3n) is 2.48. The second kappa shape index (κ2) is 7.80. The summed E-state index contributed by atoms with van der Waals surface area (Å²) in [6.45, 7) is 9.33. The van der Waals surface area contributed by atoms with Gasteiger partial charge in [0.15, 0.2) is 0 Å². The molecule has 0 aliphatic heterocycles. The lowest BCUT2D eigenvalue weighted by atomic mass is 10.1. The molecule has 0 fully saturated rings. The molecule has 0 aliphatic carbocycles. The molecule has 1 aromatic rings. The van der Waals surface area contributed by atoms with Crippen LogP contribution in [0.2, 0.25) is 0 Å². The number of thiazole rings is 1. The van der Waals surface area contributed by atoms with Crippen LogP contribution in [0.15, 0.2) is 0 Å². The Kier molecular flexibility index (Phi) is 6.70. The summed E-state index contributed by atoms with van der Waals surface area (Å²) in [4.78, 5) is 6.13. The van der Waals surface area contributed by atoms with Crippen LogP contribution >= 0.6 is 11.3 Å². The molecular weight excluding hydrogens is 232 g/mol. The van der Waals surface area contributed by atoms with E-state index in [1.54, 1.807) is 7.11 Å². The van der Waals surface area contributed by atoms with Gasteiger partial charge in [-0.2, -0.15) is 0 Å². The van der Waals surface area contributed by atoms with Crippen LogP contribution in [0.4, 0.5) is 0 Å². The Labute approximate surface area is 109 Å².